The first kappa shape index (κ1) is 15.9. The first-order chi connectivity index (χ1) is 10.9. The molecular formula is C19H20ClNO2. The van der Waals surface area contributed by atoms with Crippen molar-refractivity contribution in [2.75, 3.05) is 7.11 Å². The molecule has 1 aliphatic carbocycles. The average molecular weight is 330 g/mol. The summed E-state index contributed by atoms with van der Waals surface area (Å²) in [7, 11) is 1.55. The second kappa shape index (κ2) is 5.89. The highest BCUT2D eigenvalue weighted by Crippen LogP contribution is 2.58. The summed E-state index contributed by atoms with van der Waals surface area (Å²) in [4.78, 5) is 12.6. The van der Waals surface area contributed by atoms with Crippen molar-refractivity contribution in [3.63, 3.8) is 0 Å². The number of hydrogen-bond donors (Lipinski definition) is 1. The van der Waals surface area contributed by atoms with Crippen LogP contribution < -0.4 is 10.1 Å². The smallest absolute Gasteiger partial charge is 0.255 e. The normalized spacial score (nSPS) is 21.6. The lowest BCUT2D eigenvalue weighted by Gasteiger charge is -2.10. The van der Waals surface area contributed by atoms with E-state index in [0.29, 0.717) is 22.3 Å². The van der Waals surface area contributed by atoms with E-state index in [2.05, 4.69) is 31.3 Å². The predicted molar refractivity (Wildman–Crippen MR) is 92.2 cm³/mol. The fraction of sp³-hybridized carbons (Fsp3) is 0.316. The number of benzene rings is 2. The van der Waals surface area contributed by atoms with Crippen LogP contribution in [-0.4, -0.2) is 19.1 Å². The van der Waals surface area contributed by atoms with Crippen molar-refractivity contribution in [3.8, 4) is 5.75 Å². The number of carbonyl (C=O) groups is 1. The molecule has 0 unspecified atom stereocenters. The maximum Gasteiger partial charge on any atom is 0.255 e. The topological polar surface area (TPSA) is 38.3 Å². The van der Waals surface area contributed by atoms with E-state index in [4.69, 9.17) is 16.3 Å². The number of methoxy groups -OCH3 is 1. The second-order valence-electron chi connectivity index (χ2n) is 6.51. The Morgan fingerprint density at radius 3 is 2.52 bits per heavy atom. The lowest BCUT2D eigenvalue weighted by molar-refractivity contribution is 0.0943. The van der Waals surface area contributed by atoms with Crippen LogP contribution in [-0.2, 0) is 0 Å². The minimum Gasteiger partial charge on any atom is -0.496 e. The van der Waals surface area contributed by atoms with E-state index < -0.39 is 0 Å². The lowest BCUT2D eigenvalue weighted by atomic mass is 10.0. The third-order valence-electron chi connectivity index (χ3n) is 4.68. The van der Waals surface area contributed by atoms with Gasteiger partial charge in [-0.1, -0.05) is 55.8 Å². The molecule has 1 amide bonds. The molecule has 1 N–H and O–H groups in total. The number of rotatable bonds is 4. The highest BCUT2D eigenvalue weighted by atomic mass is 35.5. The van der Waals surface area contributed by atoms with Crippen LogP contribution in [0.3, 0.4) is 0 Å². The van der Waals surface area contributed by atoms with E-state index in [1.54, 1.807) is 25.3 Å². The van der Waals surface area contributed by atoms with Crippen LogP contribution in [0.1, 0.15) is 35.7 Å². The number of nitrogens with one attached hydrogen (secondary N) is 1. The van der Waals surface area contributed by atoms with Gasteiger partial charge in [-0.05, 0) is 29.2 Å². The molecule has 1 aliphatic rings. The average Bonchev–Trinajstić information content (AvgIpc) is 3.08. The molecule has 2 aromatic rings. The zero-order valence-electron chi connectivity index (χ0n) is 13.5. The third-order valence-corrected chi connectivity index (χ3v) is 4.91. The van der Waals surface area contributed by atoms with Gasteiger partial charge in [0.2, 0.25) is 0 Å². The van der Waals surface area contributed by atoms with Crippen molar-refractivity contribution in [3.05, 3.63) is 64.7 Å². The number of amides is 1. The van der Waals surface area contributed by atoms with E-state index in [9.17, 15) is 4.79 Å². The third kappa shape index (κ3) is 2.93. The molecule has 0 heterocycles. The molecule has 2 atom stereocenters. The van der Waals surface area contributed by atoms with Crippen LogP contribution in [0.15, 0.2) is 48.5 Å². The van der Waals surface area contributed by atoms with Crippen molar-refractivity contribution >= 4 is 17.5 Å². The van der Waals surface area contributed by atoms with Crippen LogP contribution in [0.2, 0.25) is 5.02 Å². The molecule has 0 saturated heterocycles. The molecule has 2 aromatic carbocycles. The van der Waals surface area contributed by atoms with Crippen LogP contribution >= 0.6 is 11.6 Å². The summed E-state index contributed by atoms with van der Waals surface area (Å²) in [6, 6.07) is 15.4. The number of hydrogen-bond acceptors (Lipinski definition) is 2. The summed E-state index contributed by atoms with van der Waals surface area (Å²) < 4.78 is 5.27. The zero-order valence-corrected chi connectivity index (χ0v) is 14.2. The number of halogens is 1. The summed E-state index contributed by atoms with van der Waals surface area (Å²) in [6.45, 7) is 4.34. The number of ether oxygens (including phenoxy) is 1. The molecule has 23 heavy (non-hydrogen) atoms. The standard InChI is InChI=1S/C19H20ClNO2/c1-19(2)16(12-7-5-4-6-8-12)17(19)21-18(22)14-11-13(20)9-10-15(14)23-3/h4-11,16-17H,1-3H3,(H,21,22)/t16-,17-/m0/s1. The molecule has 4 heteroatoms. The van der Waals surface area contributed by atoms with Gasteiger partial charge in [-0.3, -0.25) is 4.79 Å². The maximum atomic E-state index is 12.6. The van der Waals surface area contributed by atoms with Crippen molar-refractivity contribution in [1.82, 2.24) is 5.32 Å². The first-order valence-corrected chi connectivity index (χ1v) is 8.02. The summed E-state index contributed by atoms with van der Waals surface area (Å²) in [5.74, 6) is 0.695. The Hall–Kier alpha value is -2.00. The highest BCUT2D eigenvalue weighted by Gasteiger charge is 2.59. The molecule has 0 spiro atoms. The Morgan fingerprint density at radius 2 is 1.87 bits per heavy atom. The van der Waals surface area contributed by atoms with Crippen LogP contribution in [0, 0.1) is 5.41 Å². The lowest BCUT2D eigenvalue weighted by Crippen LogP contribution is -2.29. The Morgan fingerprint density at radius 1 is 1.17 bits per heavy atom. The summed E-state index contributed by atoms with van der Waals surface area (Å²) in [5.41, 5.74) is 1.75. The van der Waals surface area contributed by atoms with Gasteiger partial charge in [0.05, 0.1) is 12.7 Å². The van der Waals surface area contributed by atoms with Crippen molar-refractivity contribution in [2.45, 2.75) is 25.8 Å². The molecule has 0 aromatic heterocycles. The summed E-state index contributed by atoms with van der Waals surface area (Å²) >= 11 is 6.02. The molecule has 3 rings (SSSR count). The van der Waals surface area contributed by atoms with Gasteiger partial charge >= 0.3 is 0 Å². The van der Waals surface area contributed by atoms with E-state index in [0.717, 1.165) is 0 Å². The quantitative estimate of drug-likeness (QED) is 0.909. The largest absolute Gasteiger partial charge is 0.496 e. The minimum absolute atomic E-state index is 0.0306. The molecule has 0 aliphatic heterocycles. The SMILES string of the molecule is COc1ccc(Cl)cc1C(=O)N[C@H]1[C@H](c2ccccc2)C1(C)C. The van der Waals surface area contributed by atoms with Gasteiger partial charge in [0.15, 0.2) is 0 Å². The predicted octanol–water partition coefficient (Wildman–Crippen LogP) is 4.27. The van der Waals surface area contributed by atoms with Crippen LogP contribution in [0.5, 0.6) is 5.75 Å². The fourth-order valence-electron chi connectivity index (χ4n) is 3.27. The second-order valence-corrected chi connectivity index (χ2v) is 6.94. The highest BCUT2D eigenvalue weighted by molar-refractivity contribution is 6.31. The van der Waals surface area contributed by atoms with Crippen molar-refractivity contribution < 1.29 is 9.53 Å². The van der Waals surface area contributed by atoms with Crippen molar-refractivity contribution in [2.24, 2.45) is 5.41 Å². The van der Waals surface area contributed by atoms with Crippen LogP contribution in [0.25, 0.3) is 0 Å². The Labute approximate surface area is 141 Å². The van der Waals surface area contributed by atoms with Gasteiger partial charge < -0.3 is 10.1 Å². The minimum atomic E-state index is -0.152. The van der Waals surface area contributed by atoms with E-state index in [1.807, 2.05) is 18.2 Å². The van der Waals surface area contributed by atoms with Crippen molar-refractivity contribution in [1.29, 1.82) is 0 Å². The molecule has 3 nitrogen and oxygen atoms in total. The monoisotopic (exact) mass is 329 g/mol. The molecule has 0 radical (unpaired) electrons. The molecule has 1 saturated carbocycles. The van der Waals surface area contributed by atoms with Gasteiger partial charge in [-0.25, -0.2) is 0 Å². The fourth-order valence-corrected chi connectivity index (χ4v) is 3.44. The molecular weight excluding hydrogens is 310 g/mol. The summed E-state index contributed by atoms with van der Waals surface area (Å²) in [6.07, 6.45) is 0. The Bertz CT molecular complexity index is 727. The van der Waals surface area contributed by atoms with Gasteiger partial charge in [-0.15, -0.1) is 0 Å². The Balaban J connectivity index is 1.80. The molecule has 0 bridgehead atoms. The van der Waals surface area contributed by atoms with Crippen LogP contribution in [0.4, 0.5) is 0 Å². The molecule has 1 fully saturated rings. The van der Waals surface area contributed by atoms with Gasteiger partial charge in [0.25, 0.3) is 5.91 Å². The van der Waals surface area contributed by atoms with Gasteiger partial charge in [0, 0.05) is 17.0 Å². The summed E-state index contributed by atoms with van der Waals surface area (Å²) in [5, 5.41) is 3.65. The van der Waals surface area contributed by atoms with Gasteiger partial charge in [-0.2, -0.15) is 0 Å². The van der Waals surface area contributed by atoms with E-state index in [1.165, 1.54) is 5.56 Å². The Kier molecular flexibility index (Phi) is 4.07. The zero-order chi connectivity index (χ0) is 16.6. The first-order valence-electron chi connectivity index (χ1n) is 7.64. The molecule has 120 valence electrons. The van der Waals surface area contributed by atoms with E-state index in [-0.39, 0.29) is 17.4 Å². The maximum absolute atomic E-state index is 12.6. The van der Waals surface area contributed by atoms with Gasteiger partial charge in [0.1, 0.15) is 5.75 Å². The number of carbonyl (C=O) groups excluding carboxylic acids is 1. The van der Waals surface area contributed by atoms with E-state index >= 15 is 0 Å².